The molecule has 1 heterocycles. The second-order valence-electron chi connectivity index (χ2n) is 3.42. The molecule has 0 aliphatic rings. The molecule has 0 aliphatic carbocycles. The van der Waals surface area contributed by atoms with Gasteiger partial charge in [-0.05, 0) is 12.1 Å². The number of carboxylic acids is 1. The minimum Gasteiger partial charge on any atom is -0.481 e. The van der Waals surface area contributed by atoms with Gasteiger partial charge in [0.1, 0.15) is 0 Å². The number of carbonyl (C=O) groups excluding carboxylic acids is 1. The third kappa shape index (κ3) is 3.44. The van der Waals surface area contributed by atoms with Gasteiger partial charge in [-0.25, -0.2) is 4.98 Å². The Morgan fingerprint density at radius 2 is 2.11 bits per heavy atom. The second-order valence-corrected chi connectivity index (χ2v) is 5.44. The summed E-state index contributed by atoms with van der Waals surface area (Å²) in [6.07, 6.45) is 0. The number of nitrogens with one attached hydrogen (secondary N) is 1. The number of hydrogen-bond donors (Lipinski definition) is 2. The van der Waals surface area contributed by atoms with Crippen LogP contribution in [0.15, 0.2) is 24.3 Å². The number of fused-ring (bicyclic) bond motifs is 1. The number of benzene rings is 1. The predicted octanol–water partition coefficient (Wildman–Crippen LogP) is 2.05. The zero-order valence-corrected chi connectivity index (χ0v) is 10.9. The number of amides is 1. The molecule has 0 radical (unpaired) electrons. The highest BCUT2D eigenvalue weighted by Gasteiger charge is 2.08. The van der Waals surface area contributed by atoms with Crippen molar-refractivity contribution in [1.29, 1.82) is 0 Å². The summed E-state index contributed by atoms with van der Waals surface area (Å²) in [5.74, 6) is -1.12. The molecule has 5 nitrogen and oxygen atoms in total. The molecule has 0 aliphatic heterocycles. The van der Waals surface area contributed by atoms with Crippen LogP contribution in [0.2, 0.25) is 0 Å². The molecule has 18 heavy (non-hydrogen) atoms. The first-order valence-corrected chi connectivity index (χ1v) is 7.07. The van der Waals surface area contributed by atoms with E-state index in [0.29, 0.717) is 5.13 Å². The Labute approximate surface area is 111 Å². The van der Waals surface area contributed by atoms with Crippen molar-refractivity contribution in [3.63, 3.8) is 0 Å². The number of nitrogens with zero attached hydrogens (tertiary/aromatic N) is 1. The molecular formula is C11H10N2O3S2. The fourth-order valence-electron chi connectivity index (χ4n) is 1.31. The van der Waals surface area contributed by atoms with Crippen LogP contribution in [0, 0.1) is 0 Å². The van der Waals surface area contributed by atoms with Crippen LogP contribution >= 0.6 is 23.1 Å². The van der Waals surface area contributed by atoms with Crippen molar-refractivity contribution in [2.24, 2.45) is 0 Å². The summed E-state index contributed by atoms with van der Waals surface area (Å²) in [6.45, 7) is 0. The average molecular weight is 282 g/mol. The van der Waals surface area contributed by atoms with Crippen LogP contribution in [-0.2, 0) is 9.59 Å². The quantitative estimate of drug-likeness (QED) is 0.877. The van der Waals surface area contributed by atoms with Gasteiger partial charge in [0, 0.05) is 0 Å². The minimum atomic E-state index is -0.923. The van der Waals surface area contributed by atoms with Crippen molar-refractivity contribution in [3.05, 3.63) is 24.3 Å². The van der Waals surface area contributed by atoms with E-state index in [1.165, 1.54) is 11.3 Å². The van der Waals surface area contributed by atoms with Gasteiger partial charge in [0.15, 0.2) is 5.13 Å². The van der Waals surface area contributed by atoms with E-state index in [9.17, 15) is 9.59 Å². The Balaban J connectivity index is 1.92. The lowest BCUT2D eigenvalue weighted by Gasteiger charge is -1.99. The molecule has 0 unspecified atom stereocenters. The summed E-state index contributed by atoms with van der Waals surface area (Å²) in [7, 11) is 0. The number of rotatable bonds is 5. The van der Waals surface area contributed by atoms with Gasteiger partial charge in [-0.15, -0.1) is 11.8 Å². The molecular weight excluding hydrogens is 272 g/mol. The Bertz CT molecular complexity index is 549. The van der Waals surface area contributed by atoms with Gasteiger partial charge >= 0.3 is 5.97 Å². The molecule has 0 fully saturated rings. The van der Waals surface area contributed by atoms with Gasteiger partial charge in [0.05, 0.1) is 21.7 Å². The van der Waals surface area contributed by atoms with Gasteiger partial charge in [-0.3, -0.25) is 9.59 Å². The lowest BCUT2D eigenvalue weighted by atomic mass is 10.3. The number of anilines is 1. The standard InChI is InChI=1S/C11H10N2O3S2/c14-9(5-17-6-10(15)16)13-11-12-7-3-1-2-4-8(7)18-11/h1-4H,5-6H2,(H,15,16)(H,12,13,14). The summed E-state index contributed by atoms with van der Waals surface area (Å²) in [5, 5.41) is 11.6. The van der Waals surface area contributed by atoms with Gasteiger partial charge < -0.3 is 10.4 Å². The third-order valence-corrected chi connectivity index (χ3v) is 3.87. The van der Waals surface area contributed by atoms with Crippen molar-refractivity contribution in [2.75, 3.05) is 16.8 Å². The van der Waals surface area contributed by atoms with E-state index in [-0.39, 0.29) is 17.4 Å². The van der Waals surface area contributed by atoms with Crippen molar-refractivity contribution >= 4 is 50.3 Å². The van der Waals surface area contributed by atoms with E-state index in [1.54, 1.807) is 0 Å². The highest BCUT2D eigenvalue weighted by atomic mass is 32.2. The third-order valence-electron chi connectivity index (χ3n) is 2.00. The molecule has 94 valence electrons. The number of thiazole rings is 1. The van der Waals surface area contributed by atoms with Crippen molar-refractivity contribution < 1.29 is 14.7 Å². The summed E-state index contributed by atoms with van der Waals surface area (Å²) in [4.78, 5) is 26.1. The molecule has 2 aromatic rings. The van der Waals surface area contributed by atoms with Crippen LogP contribution in [0.25, 0.3) is 10.2 Å². The maximum atomic E-state index is 11.5. The first-order chi connectivity index (χ1) is 8.65. The zero-order chi connectivity index (χ0) is 13.0. The van der Waals surface area contributed by atoms with Gasteiger partial charge in [-0.1, -0.05) is 23.5 Å². The van der Waals surface area contributed by atoms with E-state index in [0.717, 1.165) is 22.0 Å². The minimum absolute atomic E-state index is 0.0761. The van der Waals surface area contributed by atoms with Crippen LogP contribution in [0.3, 0.4) is 0 Å². The van der Waals surface area contributed by atoms with Crippen LogP contribution < -0.4 is 5.32 Å². The predicted molar refractivity (Wildman–Crippen MR) is 73.2 cm³/mol. The topological polar surface area (TPSA) is 79.3 Å². The molecule has 2 N–H and O–H groups in total. The van der Waals surface area contributed by atoms with Gasteiger partial charge in [0.25, 0.3) is 0 Å². The first kappa shape index (κ1) is 12.8. The number of aromatic nitrogens is 1. The molecule has 0 atom stereocenters. The largest absolute Gasteiger partial charge is 0.481 e. The Hall–Kier alpha value is -1.60. The highest BCUT2D eigenvalue weighted by Crippen LogP contribution is 2.25. The monoisotopic (exact) mass is 282 g/mol. The van der Waals surface area contributed by atoms with E-state index in [2.05, 4.69) is 10.3 Å². The number of thioether (sulfide) groups is 1. The first-order valence-electron chi connectivity index (χ1n) is 5.10. The summed E-state index contributed by atoms with van der Waals surface area (Å²) >= 11 is 2.46. The molecule has 2 rings (SSSR count). The molecule has 0 bridgehead atoms. The molecule has 1 aromatic carbocycles. The summed E-state index contributed by atoms with van der Waals surface area (Å²) in [5.41, 5.74) is 0.844. The number of hydrogen-bond acceptors (Lipinski definition) is 5. The van der Waals surface area contributed by atoms with E-state index < -0.39 is 5.97 Å². The number of carboxylic acid groups (broad SMARTS) is 1. The Morgan fingerprint density at radius 3 is 2.83 bits per heavy atom. The SMILES string of the molecule is O=C(O)CSCC(=O)Nc1nc2ccccc2s1. The van der Waals surface area contributed by atoms with E-state index in [4.69, 9.17) is 5.11 Å². The van der Waals surface area contributed by atoms with Crippen LogP contribution in [0.4, 0.5) is 5.13 Å². The van der Waals surface area contributed by atoms with Gasteiger partial charge in [0.2, 0.25) is 5.91 Å². The second kappa shape index (κ2) is 5.83. The number of carbonyl (C=O) groups is 2. The average Bonchev–Trinajstić information content (AvgIpc) is 2.70. The normalized spacial score (nSPS) is 10.4. The lowest BCUT2D eigenvalue weighted by molar-refractivity contribution is -0.133. The van der Waals surface area contributed by atoms with Crippen molar-refractivity contribution in [1.82, 2.24) is 4.98 Å². The van der Waals surface area contributed by atoms with E-state index in [1.807, 2.05) is 24.3 Å². The lowest BCUT2D eigenvalue weighted by Crippen LogP contribution is -2.15. The summed E-state index contributed by atoms with van der Waals surface area (Å²) in [6, 6.07) is 7.60. The van der Waals surface area contributed by atoms with E-state index >= 15 is 0 Å². The van der Waals surface area contributed by atoms with Gasteiger partial charge in [-0.2, -0.15) is 0 Å². The number of aliphatic carboxylic acids is 1. The molecule has 1 amide bonds. The number of para-hydroxylation sites is 1. The van der Waals surface area contributed by atoms with Crippen LogP contribution in [-0.4, -0.2) is 33.5 Å². The Kier molecular flexibility index (Phi) is 4.16. The van der Waals surface area contributed by atoms with Crippen LogP contribution in [0.5, 0.6) is 0 Å². The molecule has 7 heteroatoms. The smallest absolute Gasteiger partial charge is 0.313 e. The fourth-order valence-corrected chi connectivity index (χ4v) is 2.73. The molecule has 0 spiro atoms. The molecule has 0 saturated carbocycles. The van der Waals surface area contributed by atoms with Crippen molar-refractivity contribution in [2.45, 2.75) is 0 Å². The molecule has 1 aromatic heterocycles. The fraction of sp³-hybridized carbons (Fsp3) is 0.182. The van der Waals surface area contributed by atoms with Crippen molar-refractivity contribution in [3.8, 4) is 0 Å². The summed E-state index contributed by atoms with van der Waals surface area (Å²) < 4.78 is 1.01. The maximum Gasteiger partial charge on any atom is 0.313 e. The highest BCUT2D eigenvalue weighted by molar-refractivity contribution is 8.00. The Morgan fingerprint density at radius 1 is 1.33 bits per heavy atom. The van der Waals surface area contributed by atoms with Crippen LogP contribution in [0.1, 0.15) is 0 Å². The zero-order valence-electron chi connectivity index (χ0n) is 9.25. The molecule has 0 saturated heterocycles. The maximum absolute atomic E-state index is 11.5.